The topological polar surface area (TPSA) is 46.5 Å². The zero-order valence-corrected chi connectivity index (χ0v) is 18.8. The highest BCUT2D eigenvalue weighted by molar-refractivity contribution is 5.85. The molecule has 2 aromatic rings. The summed E-state index contributed by atoms with van der Waals surface area (Å²) < 4.78 is 19.8. The van der Waals surface area contributed by atoms with Gasteiger partial charge in [0.05, 0.1) is 19.1 Å². The van der Waals surface area contributed by atoms with Crippen LogP contribution in [0.2, 0.25) is 0 Å². The molecule has 2 saturated heterocycles. The van der Waals surface area contributed by atoms with Gasteiger partial charge >= 0.3 is 5.97 Å². The van der Waals surface area contributed by atoms with E-state index in [-0.39, 0.29) is 29.8 Å². The molecular formula is C24H29BrFNO3. The third-order valence-corrected chi connectivity index (χ3v) is 7.09. The maximum Gasteiger partial charge on any atom is 0.347 e. The van der Waals surface area contributed by atoms with Gasteiger partial charge in [-0.3, -0.25) is 0 Å². The van der Waals surface area contributed by atoms with E-state index in [9.17, 15) is 14.3 Å². The molecule has 4 nitrogen and oxygen atoms in total. The van der Waals surface area contributed by atoms with Crippen LogP contribution in [-0.2, 0) is 15.1 Å². The molecule has 2 aromatic carbocycles. The zero-order valence-electron chi connectivity index (χ0n) is 17.2. The Bertz CT molecular complexity index is 795. The van der Waals surface area contributed by atoms with Crippen molar-refractivity contribution in [3.8, 4) is 0 Å². The van der Waals surface area contributed by atoms with E-state index < -0.39 is 11.6 Å². The van der Waals surface area contributed by atoms with Crippen LogP contribution in [0.3, 0.4) is 0 Å². The van der Waals surface area contributed by atoms with Crippen LogP contribution in [0.5, 0.6) is 0 Å². The van der Waals surface area contributed by atoms with E-state index in [2.05, 4.69) is 7.05 Å². The third kappa shape index (κ3) is 3.93. The first-order valence-corrected chi connectivity index (χ1v) is 10.4. The minimum absolute atomic E-state index is 0. The van der Waals surface area contributed by atoms with Crippen molar-refractivity contribution in [1.29, 1.82) is 0 Å². The molecule has 0 radical (unpaired) electrons. The summed E-state index contributed by atoms with van der Waals surface area (Å²) in [6.45, 7) is 0.198. The predicted octanol–water partition coefficient (Wildman–Crippen LogP) is 0.579. The molecule has 2 aliphatic rings. The summed E-state index contributed by atoms with van der Waals surface area (Å²) in [6.07, 6.45) is 3.27. The van der Waals surface area contributed by atoms with E-state index in [0.717, 1.165) is 30.2 Å². The first-order valence-electron chi connectivity index (χ1n) is 10.4. The number of hydrogen-bond acceptors (Lipinski definition) is 3. The number of alkyl halides is 1. The zero-order chi connectivity index (χ0) is 20.5. The van der Waals surface area contributed by atoms with Gasteiger partial charge in [-0.1, -0.05) is 60.7 Å². The molecule has 2 fully saturated rings. The fraction of sp³-hybridized carbons (Fsp3) is 0.458. The highest BCUT2D eigenvalue weighted by Gasteiger charge is 2.53. The molecule has 30 heavy (non-hydrogen) atoms. The Labute approximate surface area is 188 Å². The number of hydrogen-bond donors (Lipinski definition) is 1. The number of nitrogens with zero attached hydrogens (tertiary/aromatic N) is 1. The Morgan fingerprint density at radius 1 is 1.03 bits per heavy atom. The predicted molar refractivity (Wildman–Crippen MR) is 109 cm³/mol. The lowest BCUT2D eigenvalue weighted by Gasteiger charge is -2.46. The highest BCUT2D eigenvalue weighted by atomic mass is 79.9. The summed E-state index contributed by atoms with van der Waals surface area (Å²) in [6, 6.07) is 18.5. The molecule has 0 spiro atoms. The van der Waals surface area contributed by atoms with Crippen molar-refractivity contribution in [3.63, 3.8) is 0 Å². The van der Waals surface area contributed by atoms with Crippen LogP contribution in [0.15, 0.2) is 60.7 Å². The van der Waals surface area contributed by atoms with Gasteiger partial charge in [0.15, 0.2) is 0 Å². The second kappa shape index (κ2) is 9.16. The van der Waals surface area contributed by atoms with Crippen LogP contribution in [0.25, 0.3) is 0 Å². The maximum absolute atomic E-state index is 13.3. The van der Waals surface area contributed by atoms with Crippen molar-refractivity contribution in [2.75, 3.05) is 20.3 Å². The van der Waals surface area contributed by atoms with Crippen molar-refractivity contribution >= 4 is 5.97 Å². The van der Waals surface area contributed by atoms with E-state index in [1.165, 1.54) is 0 Å². The van der Waals surface area contributed by atoms with Gasteiger partial charge in [-0.25, -0.2) is 9.18 Å². The number of halogens is 2. The van der Waals surface area contributed by atoms with Gasteiger partial charge in [0, 0.05) is 25.7 Å². The normalized spacial score (nSPS) is 27.9. The molecule has 2 bridgehead atoms. The summed E-state index contributed by atoms with van der Waals surface area (Å²) >= 11 is 0. The van der Waals surface area contributed by atoms with Crippen molar-refractivity contribution in [2.45, 2.75) is 49.5 Å². The average molecular weight is 478 g/mol. The second-order valence-electron chi connectivity index (χ2n) is 8.59. The molecule has 2 heterocycles. The van der Waals surface area contributed by atoms with Gasteiger partial charge in [0.1, 0.15) is 19.3 Å². The number of fused-ring (bicyclic) bond motifs is 2. The van der Waals surface area contributed by atoms with Crippen molar-refractivity contribution in [3.05, 3.63) is 71.8 Å². The third-order valence-electron chi connectivity index (χ3n) is 7.09. The van der Waals surface area contributed by atoms with Gasteiger partial charge in [0.2, 0.25) is 5.60 Å². The lowest BCUT2D eigenvalue weighted by Crippen LogP contribution is -3.00. The van der Waals surface area contributed by atoms with Gasteiger partial charge in [-0.15, -0.1) is 0 Å². The Morgan fingerprint density at radius 2 is 1.50 bits per heavy atom. The SMILES string of the molecule is C[N+]1(CCF)C2CC[C@@H]1CC(OC(=O)C(O)(c1ccccc1)c1ccccc1)C2.[Br-]. The number of benzene rings is 2. The molecule has 0 saturated carbocycles. The Morgan fingerprint density at radius 3 is 1.93 bits per heavy atom. The van der Waals surface area contributed by atoms with Crippen LogP contribution in [-0.4, -0.2) is 54.0 Å². The minimum atomic E-state index is -1.85. The number of quaternary nitrogens is 1. The van der Waals surface area contributed by atoms with Crippen LogP contribution >= 0.6 is 0 Å². The number of aliphatic hydroxyl groups is 1. The van der Waals surface area contributed by atoms with E-state index >= 15 is 0 Å². The number of carbonyl (C=O) groups excluding carboxylic acids is 1. The van der Waals surface area contributed by atoms with Gasteiger partial charge in [-0.2, -0.15) is 0 Å². The Hall–Kier alpha value is -1.76. The molecular weight excluding hydrogens is 449 g/mol. The molecule has 2 aliphatic heterocycles. The summed E-state index contributed by atoms with van der Waals surface area (Å²) in [7, 11) is 2.13. The fourth-order valence-electron chi connectivity index (χ4n) is 5.33. The molecule has 3 unspecified atom stereocenters. The first kappa shape index (κ1) is 22.9. The monoisotopic (exact) mass is 477 g/mol. The average Bonchev–Trinajstić information content (AvgIpc) is 2.91. The maximum atomic E-state index is 13.3. The lowest BCUT2D eigenvalue weighted by molar-refractivity contribution is -0.949. The number of rotatable bonds is 6. The molecule has 162 valence electrons. The number of carbonyl (C=O) groups is 1. The largest absolute Gasteiger partial charge is 1.00 e. The Balaban J connectivity index is 0.00000256. The minimum Gasteiger partial charge on any atom is -1.00 e. The summed E-state index contributed by atoms with van der Waals surface area (Å²) in [4.78, 5) is 13.3. The van der Waals surface area contributed by atoms with E-state index in [1.807, 2.05) is 12.1 Å². The quantitative estimate of drug-likeness (QED) is 0.488. The summed E-state index contributed by atoms with van der Waals surface area (Å²) in [5.41, 5.74) is -0.864. The van der Waals surface area contributed by atoms with Crippen LogP contribution < -0.4 is 17.0 Å². The molecule has 0 amide bonds. The second-order valence-corrected chi connectivity index (χ2v) is 8.59. The number of piperidine rings is 1. The van der Waals surface area contributed by atoms with Crippen molar-refractivity contribution < 1.29 is 40.5 Å². The van der Waals surface area contributed by atoms with Crippen molar-refractivity contribution in [1.82, 2.24) is 0 Å². The summed E-state index contributed by atoms with van der Waals surface area (Å²) in [5.74, 6) is -0.638. The number of esters is 1. The van der Waals surface area contributed by atoms with Crippen LogP contribution in [0.4, 0.5) is 4.39 Å². The lowest BCUT2D eigenvalue weighted by atomic mass is 9.86. The first-order chi connectivity index (χ1) is 14.0. The van der Waals surface area contributed by atoms with Crippen LogP contribution in [0.1, 0.15) is 36.8 Å². The van der Waals surface area contributed by atoms with Gasteiger partial charge in [0.25, 0.3) is 0 Å². The smallest absolute Gasteiger partial charge is 0.347 e. The van der Waals surface area contributed by atoms with Gasteiger partial charge in [-0.05, 0) is 11.1 Å². The Kier molecular flexibility index (Phi) is 7.00. The molecule has 6 heteroatoms. The van der Waals surface area contributed by atoms with Gasteiger partial charge < -0.3 is 31.3 Å². The molecule has 0 aliphatic carbocycles. The van der Waals surface area contributed by atoms with Crippen LogP contribution in [0, 0.1) is 0 Å². The van der Waals surface area contributed by atoms with E-state index in [1.54, 1.807) is 48.5 Å². The fourth-order valence-corrected chi connectivity index (χ4v) is 5.33. The molecule has 4 atom stereocenters. The highest BCUT2D eigenvalue weighted by Crippen LogP contribution is 2.43. The molecule has 1 N–H and O–H groups in total. The van der Waals surface area contributed by atoms with E-state index in [0.29, 0.717) is 29.8 Å². The number of ether oxygens (including phenoxy) is 1. The van der Waals surface area contributed by atoms with Crippen molar-refractivity contribution in [2.24, 2.45) is 0 Å². The standard InChI is InChI=1S/C24H29FNO3.BrH/c1-26(15-14-25)20-12-13-21(26)17-22(16-20)29-23(27)24(28,18-8-4-2-5-9-18)19-10-6-3-7-11-19;/h2-11,20-22,28H,12-17H2,1H3;1H/q+1;/p-1/t20-,21?,22?,26?;/m1./s1. The molecule has 0 aromatic heterocycles. The molecule has 4 rings (SSSR count). The summed E-state index contributed by atoms with van der Waals surface area (Å²) in [5, 5.41) is 11.6. The van der Waals surface area contributed by atoms with E-state index in [4.69, 9.17) is 4.74 Å².